The topological polar surface area (TPSA) is 76.1 Å². The van der Waals surface area contributed by atoms with E-state index >= 15 is 0 Å². The van der Waals surface area contributed by atoms with Gasteiger partial charge in [0, 0.05) is 6.54 Å². The smallest absolute Gasteiger partial charge is 0.339 e. The molecule has 2 saturated heterocycles. The number of carbonyl (C=O) groups is 2. The number of rotatable bonds is 9. The maximum atomic E-state index is 13.2. The van der Waals surface area contributed by atoms with Crippen molar-refractivity contribution in [1.29, 1.82) is 0 Å². The molecule has 6 heteroatoms. The number of aliphatic hydroxyl groups is 1. The van der Waals surface area contributed by atoms with Crippen LogP contribution in [0.2, 0.25) is 0 Å². The van der Waals surface area contributed by atoms with Crippen LogP contribution in [0, 0.1) is 5.92 Å². The molecule has 2 aliphatic rings. The van der Waals surface area contributed by atoms with Gasteiger partial charge in [0.15, 0.2) is 5.60 Å². The fraction of sp³-hybridized carbons (Fsp3) is 0.619. The molecule has 1 aromatic rings. The van der Waals surface area contributed by atoms with Gasteiger partial charge in [-0.15, -0.1) is 0 Å². The van der Waals surface area contributed by atoms with Gasteiger partial charge in [-0.25, -0.2) is 4.79 Å². The summed E-state index contributed by atoms with van der Waals surface area (Å²) >= 11 is 0. The molecule has 0 aliphatic carbocycles. The van der Waals surface area contributed by atoms with E-state index in [4.69, 9.17) is 9.47 Å². The van der Waals surface area contributed by atoms with E-state index in [0.29, 0.717) is 6.42 Å². The number of nitrogens with zero attached hydrogens (tertiary/aromatic N) is 1. The van der Waals surface area contributed by atoms with Crippen molar-refractivity contribution < 1.29 is 24.2 Å². The third-order valence-corrected chi connectivity index (χ3v) is 6.23. The molecule has 6 nitrogen and oxygen atoms in total. The van der Waals surface area contributed by atoms with E-state index in [9.17, 15) is 14.7 Å². The highest BCUT2D eigenvalue weighted by atomic mass is 16.6. The maximum Gasteiger partial charge on any atom is 0.339 e. The number of fused-ring (bicyclic) bond motifs is 1. The number of aliphatic hydroxyl groups excluding tert-OH is 1. The summed E-state index contributed by atoms with van der Waals surface area (Å²) in [5, 5.41) is 10.1. The van der Waals surface area contributed by atoms with E-state index in [1.165, 1.54) is 4.90 Å². The number of amides is 1. The zero-order valence-electron chi connectivity index (χ0n) is 16.4. The van der Waals surface area contributed by atoms with Gasteiger partial charge in [-0.05, 0) is 31.0 Å². The second-order valence-electron chi connectivity index (χ2n) is 7.69. The Labute approximate surface area is 160 Å². The largest absolute Gasteiger partial charge is 0.497 e. The minimum atomic E-state index is -1.28. The molecule has 0 spiro atoms. The van der Waals surface area contributed by atoms with Crippen LogP contribution in [0.25, 0.3) is 0 Å². The molecule has 1 amide bonds. The fourth-order valence-electron chi connectivity index (χ4n) is 4.47. The highest BCUT2D eigenvalue weighted by Crippen LogP contribution is 2.55. The zero-order valence-corrected chi connectivity index (χ0v) is 16.4. The van der Waals surface area contributed by atoms with E-state index in [0.717, 1.165) is 37.0 Å². The summed E-state index contributed by atoms with van der Waals surface area (Å²) < 4.78 is 10.7. The van der Waals surface area contributed by atoms with Gasteiger partial charge >= 0.3 is 5.97 Å². The predicted molar refractivity (Wildman–Crippen MR) is 100 cm³/mol. The summed E-state index contributed by atoms with van der Waals surface area (Å²) in [6.45, 7) is 3.78. The van der Waals surface area contributed by atoms with Crippen molar-refractivity contribution in [1.82, 2.24) is 4.90 Å². The van der Waals surface area contributed by atoms with Gasteiger partial charge in [-0.3, -0.25) is 4.79 Å². The molecule has 1 aromatic carbocycles. The normalized spacial score (nSPS) is 29.3. The van der Waals surface area contributed by atoms with Gasteiger partial charge in [0.05, 0.1) is 19.6 Å². The van der Waals surface area contributed by atoms with Crippen LogP contribution in [0.3, 0.4) is 0 Å². The Kier molecular flexibility index (Phi) is 5.47. The van der Waals surface area contributed by atoms with Crippen LogP contribution in [0.15, 0.2) is 24.3 Å². The van der Waals surface area contributed by atoms with E-state index in [1.54, 1.807) is 14.0 Å². The molecule has 0 radical (unpaired) electrons. The number of unbranched alkanes of at least 4 members (excludes halogenated alkanes) is 3. The lowest BCUT2D eigenvalue weighted by molar-refractivity contribution is -0.240. The fourth-order valence-corrected chi connectivity index (χ4v) is 4.47. The standard InChI is InChI=1S/C21H29NO5/c1-4-5-6-7-8-17-18(24)22(13-15-9-11-16(26-3)12-10-15)21(14-23)19(25)27-20(17,21)2/h9-12,17,23H,4-8,13-14H2,1-3H3/t17-,20-,21-/m1/s1. The van der Waals surface area contributed by atoms with Gasteiger partial charge in [0.2, 0.25) is 11.4 Å². The molecule has 1 N–H and O–H groups in total. The number of hydrogen-bond donors (Lipinski definition) is 1. The van der Waals surface area contributed by atoms with Crippen LogP contribution in [0.5, 0.6) is 5.75 Å². The Bertz CT molecular complexity index is 703. The van der Waals surface area contributed by atoms with E-state index in [2.05, 4.69) is 6.92 Å². The van der Waals surface area contributed by atoms with Crippen molar-refractivity contribution in [3.05, 3.63) is 29.8 Å². The Balaban J connectivity index is 1.84. The second-order valence-corrected chi connectivity index (χ2v) is 7.69. The Morgan fingerprint density at radius 1 is 1.19 bits per heavy atom. The first kappa shape index (κ1) is 19.7. The summed E-state index contributed by atoms with van der Waals surface area (Å²) in [6, 6.07) is 7.38. The van der Waals surface area contributed by atoms with Crippen LogP contribution >= 0.6 is 0 Å². The van der Waals surface area contributed by atoms with Crippen LogP contribution in [-0.2, 0) is 20.9 Å². The third kappa shape index (κ3) is 2.90. The number of likely N-dealkylation sites (tertiary alicyclic amines) is 1. The molecule has 3 atom stereocenters. The molecule has 0 unspecified atom stereocenters. The zero-order chi connectivity index (χ0) is 19.7. The highest BCUT2D eigenvalue weighted by Gasteiger charge is 2.79. The van der Waals surface area contributed by atoms with Crippen molar-refractivity contribution in [2.45, 2.75) is 63.6 Å². The number of benzene rings is 1. The van der Waals surface area contributed by atoms with E-state index < -0.39 is 29.6 Å². The number of carbonyl (C=O) groups excluding carboxylic acids is 2. The van der Waals surface area contributed by atoms with Crippen LogP contribution in [0.1, 0.15) is 51.5 Å². The average Bonchev–Trinajstić information content (AvgIpc) is 2.80. The maximum absolute atomic E-state index is 13.2. The van der Waals surface area contributed by atoms with Crippen molar-refractivity contribution in [2.24, 2.45) is 5.92 Å². The second kappa shape index (κ2) is 7.50. The SMILES string of the molecule is CCCCCC[C@@H]1C(=O)N(Cc2ccc(OC)cc2)[C@]2(CO)C(=O)O[C@]12C. The van der Waals surface area contributed by atoms with E-state index in [1.807, 2.05) is 24.3 Å². The Morgan fingerprint density at radius 2 is 1.89 bits per heavy atom. The van der Waals surface area contributed by atoms with Gasteiger partial charge in [-0.2, -0.15) is 0 Å². The summed E-state index contributed by atoms with van der Waals surface area (Å²) in [5.41, 5.74) is -1.36. The average molecular weight is 375 g/mol. The summed E-state index contributed by atoms with van der Waals surface area (Å²) in [7, 11) is 1.60. The first-order valence-corrected chi connectivity index (χ1v) is 9.73. The van der Waals surface area contributed by atoms with Gasteiger partial charge in [-0.1, -0.05) is 44.7 Å². The highest BCUT2D eigenvalue weighted by molar-refractivity contribution is 6.01. The Morgan fingerprint density at radius 3 is 2.44 bits per heavy atom. The summed E-state index contributed by atoms with van der Waals surface area (Å²) in [4.78, 5) is 27.2. The van der Waals surface area contributed by atoms with Gasteiger partial charge in [0.25, 0.3) is 0 Å². The lowest BCUT2D eigenvalue weighted by atomic mass is 9.70. The van der Waals surface area contributed by atoms with Crippen LogP contribution < -0.4 is 4.74 Å². The summed E-state index contributed by atoms with van der Waals surface area (Å²) in [6.07, 6.45) is 4.88. The number of ether oxygens (including phenoxy) is 2. The van der Waals surface area contributed by atoms with Crippen molar-refractivity contribution in [2.75, 3.05) is 13.7 Å². The molecule has 0 bridgehead atoms. The summed E-state index contributed by atoms with van der Waals surface area (Å²) in [5.74, 6) is -0.294. The predicted octanol–water partition coefficient (Wildman–Crippen LogP) is 2.67. The molecular weight excluding hydrogens is 346 g/mol. The molecule has 148 valence electrons. The third-order valence-electron chi connectivity index (χ3n) is 6.23. The number of hydrogen-bond acceptors (Lipinski definition) is 5. The number of esters is 1. The molecule has 2 aliphatic heterocycles. The molecule has 2 fully saturated rings. The Hall–Kier alpha value is -2.08. The number of methoxy groups -OCH3 is 1. The molecule has 2 heterocycles. The van der Waals surface area contributed by atoms with E-state index in [-0.39, 0.29) is 12.5 Å². The lowest BCUT2D eigenvalue weighted by Gasteiger charge is -2.53. The molecule has 0 aromatic heterocycles. The first-order chi connectivity index (χ1) is 12.9. The van der Waals surface area contributed by atoms with Crippen molar-refractivity contribution >= 4 is 11.9 Å². The molecule has 0 saturated carbocycles. The minimum Gasteiger partial charge on any atom is -0.497 e. The van der Waals surface area contributed by atoms with Crippen molar-refractivity contribution in [3.8, 4) is 5.75 Å². The lowest BCUT2D eigenvalue weighted by Crippen LogP contribution is -2.76. The van der Waals surface area contributed by atoms with Crippen molar-refractivity contribution in [3.63, 3.8) is 0 Å². The first-order valence-electron chi connectivity index (χ1n) is 9.73. The quantitative estimate of drug-likeness (QED) is 0.530. The molecule has 3 rings (SSSR count). The van der Waals surface area contributed by atoms with Crippen LogP contribution in [0.4, 0.5) is 0 Å². The van der Waals surface area contributed by atoms with Gasteiger partial charge in [0.1, 0.15) is 5.75 Å². The van der Waals surface area contributed by atoms with Gasteiger partial charge < -0.3 is 19.5 Å². The van der Waals surface area contributed by atoms with Crippen LogP contribution in [-0.4, -0.2) is 46.7 Å². The molecular formula is C21H29NO5. The minimum absolute atomic E-state index is 0.107. The molecule has 27 heavy (non-hydrogen) atoms. The monoisotopic (exact) mass is 375 g/mol.